The summed E-state index contributed by atoms with van der Waals surface area (Å²) in [6.07, 6.45) is -0.872. The van der Waals surface area contributed by atoms with Gasteiger partial charge in [-0.05, 0) is 43.3 Å². The van der Waals surface area contributed by atoms with Crippen LogP contribution in [0, 0.1) is 0 Å². The summed E-state index contributed by atoms with van der Waals surface area (Å²) in [5, 5.41) is 3.07. The number of alkyl halides is 2. The van der Waals surface area contributed by atoms with Crippen LogP contribution in [0.5, 0.6) is 0 Å². The van der Waals surface area contributed by atoms with Crippen LogP contribution < -0.4 is 5.32 Å². The SMILES string of the molecule is C[C@H]1C[C@@H](OC(=O)c2ccccc2Nc2ccc(SC(F)F)cc2)C(=O)O1. The second-order valence-electron chi connectivity index (χ2n) is 5.95. The van der Waals surface area contributed by atoms with Crippen molar-refractivity contribution < 1.29 is 27.8 Å². The summed E-state index contributed by atoms with van der Waals surface area (Å²) in [5.74, 6) is -3.67. The van der Waals surface area contributed by atoms with Crippen molar-refractivity contribution >= 4 is 35.1 Å². The van der Waals surface area contributed by atoms with E-state index in [1.165, 1.54) is 0 Å². The van der Waals surface area contributed by atoms with E-state index in [0.717, 1.165) is 0 Å². The first kappa shape index (κ1) is 19.2. The molecular weight excluding hydrogens is 376 g/mol. The van der Waals surface area contributed by atoms with Crippen molar-refractivity contribution in [3.63, 3.8) is 0 Å². The van der Waals surface area contributed by atoms with E-state index in [1.54, 1.807) is 55.5 Å². The van der Waals surface area contributed by atoms with Gasteiger partial charge >= 0.3 is 11.9 Å². The number of thioether (sulfide) groups is 1. The number of para-hydroxylation sites is 1. The number of carbonyl (C=O) groups excluding carboxylic acids is 2. The van der Waals surface area contributed by atoms with Crippen LogP contribution in [0.2, 0.25) is 0 Å². The minimum Gasteiger partial charge on any atom is -0.460 e. The van der Waals surface area contributed by atoms with Gasteiger partial charge in [-0.2, -0.15) is 8.78 Å². The molecule has 5 nitrogen and oxygen atoms in total. The third-order valence-electron chi connectivity index (χ3n) is 3.88. The molecule has 0 aromatic heterocycles. The Balaban J connectivity index is 1.72. The minimum atomic E-state index is -2.48. The number of carbonyl (C=O) groups is 2. The van der Waals surface area contributed by atoms with E-state index in [0.29, 0.717) is 34.5 Å². The van der Waals surface area contributed by atoms with E-state index in [4.69, 9.17) is 9.47 Å². The number of benzene rings is 2. The fourth-order valence-electron chi connectivity index (χ4n) is 2.65. The Morgan fingerprint density at radius 1 is 1.22 bits per heavy atom. The Hall–Kier alpha value is -2.61. The van der Waals surface area contributed by atoms with Crippen molar-refractivity contribution in [3.8, 4) is 0 Å². The third kappa shape index (κ3) is 4.97. The molecule has 2 aromatic rings. The van der Waals surface area contributed by atoms with Crippen LogP contribution in [-0.2, 0) is 14.3 Å². The van der Waals surface area contributed by atoms with Crippen LogP contribution in [0.15, 0.2) is 53.4 Å². The van der Waals surface area contributed by atoms with E-state index in [2.05, 4.69) is 5.32 Å². The van der Waals surface area contributed by atoms with Gasteiger partial charge in [0.2, 0.25) is 6.10 Å². The van der Waals surface area contributed by atoms with Gasteiger partial charge in [-0.15, -0.1) is 0 Å². The zero-order valence-corrected chi connectivity index (χ0v) is 15.2. The number of hydrogen-bond acceptors (Lipinski definition) is 6. The molecule has 1 heterocycles. The number of hydrogen-bond donors (Lipinski definition) is 1. The minimum absolute atomic E-state index is 0.260. The Morgan fingerprint density at radius 2 is 1.93 bits per heavy atom. The number of halogens is 2. The molecule has 0 aliphatic carbocycles. The van der Waals surface area contributed by atoms with Gasteiger partial charge in [-0.3, -0.25) is 0 Å². The zero-order valence-electron chi connectivity index (χ0n) is 14.4. The van der Waals surface area contributed by atoms with Crippen LogP contribution in [0.3, 0.4) is 0 Å². The second-order valence-corrected chi connectivity index (χ2v) is 7.01. The van der Waals surface area contributed by atoms with Crippen LogP contribution in [0.25, 0.3) is 0 Å². The average Bonchev–Trinajstić information content (AvgIpc) is 2.93. The normalized spacial score (nSPS) is 19.0. The van der Waals surface area contributed by atoms with Gasteiger partial charge in [0.1, 0.15) is 6.10 Å². The molecule has 27 heavy (non-hydrogen) atoms. The van der Waals surface area contributed by atoms with Crippen molar-refractivity contribution in [1.29, 1.82) is 0 Å². The quantitative estimate of drug-likeness (QED) is 0.571. The predicted octanol–water partition coefficient (Wildman–Crippen LogP) is 4.61. The Morgan fingerprint density at radius 3 is 2.56 bits per heavy atom. The molecule has 0 bridgehead atoms. The van der Waals surface area contributed by atoms with Gasteiger partial charge in [0, 0.05) is 17.0 Å². The summed E-state index contributed by atoms with van der Waals surface area (Å²) in [6, 6.07) is 13.1. The van der Waals surface area contributed by atoms with Crippen molar-refractivity contribution in [2.75, 3.05) is 5.32 Å². The molecule has 1 N–H and O–H groups in total. The maximum Gasteiger partial charge on any atom is 0.347 e. The van der Waals surface area contributed by atoms with Gasteiger partial charge in [-0.25, -0.2) is 9.59 Å². The second kappa shape index (κ2) is 8.39. The van der Waals surface area contributed by atoms with Crippen LogP contribution in [0.4, 0.5) is 20.2 Å². The van der Waals surface area contributed by atoms with Crippen molar-refractivity contribution in [2.24, 2.45) is 0 Å². The monoisotopic (exact) mass is 393 g/mol. The molecule has 8 heteroatoms. The number of cyclic esters (lactones) is 1. The summed E-state index contributed by atoms with van der Waals surface area (Å²) in [7, 11) is 0. The fourth-order valence-corrected chi connectivity index (χ4v) is 3.15. The molecule has 2 atom stereocenters. The highest BCUT2D eigenvalue weighted by Gasteiger charge is 2.35. The maximum absolute atomic E-state index is 12.5. The molecule has 2 aromatic carbocycles. The summed E-state index contributed by atoms with van der Waals surface area (Å²) in [6.45, 7) is 1.73. The highest BCUT2D eigenvalue weighted by atomic mass is 32.2. The van der Waals surface area contributed by atoms with E-state index in [9.17, 15) is 18.4 Å². The number of esters is 2. The molecular formula is C19H17F2NO4S. The van der Waals surface area contributed by atoms with Gasteiger partial charge < -0.3 is 14.8 Å². The Labute approximate surface area is 159 Å². The van der Waals surface area contributed by atoms with Crippen LogP contribution >= 0.6 is 11.8 Å². The van der Waals surface area contributed by atoms with Crippen molar-refractivity contribution in [2.45, 2.75) is 36.2 Å². The predicted molar refractivity (Wildman–Crippen MR) is 97.4 cm³/mol. The van der Waals surface area contributed by atoms with Gasteiger partial charge in [0.25, 0.3) is 5.76 Å². The summed E-state index contributed by atoms with van der Waals surface area (Å²) in [4.78, 5) is 24.6. The van der Waals surface area contributed by atoms with Crippen molar-refractivity contribution in [3.05, 3.63) is 54.1 Å². The summed E-state index contributed by atoms with van der Waals surface area (Å²) >= 11 is 0.461. The number of ether oxygens (including phenoxy) is 2. The fraction of sp³-hybridized carbons (Fsp3) is 0.263. The van der Waals surface area contributed by atoms with E-state index in [-0.39, 0.29) is 11.7 Å². The van der Waals surface area contributed by atoms with E-state index >= 15 is 0 Å². The van der Waals surface area contributed by atoms with Crippen LogP contribution in [0.1, 0.15) is 23.7 Å². The molecule has 3 rings (SSSR count). The molecule has 0 unspecified atom stereocenters. The average molecular weight is 393 g/mol. The van der Waals surface area contributed by atoms with E-state index < -0.39 is 23.8 Å². The van der Waals surface area contributed by atoms with Crippen LogP contribution in [-0.4, -0.2) is 29.9 Å². The molecule has 1 fully saturated rings. The molecule has 0 saturated carbocycles. The van der Waals surface area contributed by atoms with Gasteiger partial charge in [0.15, 0.2) is 0 Å². The third-order valence-corrected chi connectivity index (χ3v) is 4.60. The standard InChI is InChI=1S/C19H17F2NO4S/c1-11-10-16(18(24)25-11)26-17(23)14-4-2-3-5-15(14)22-12-6-8-13(9-7-12)27-19(20)21/h2-9,11,16,19,22H,10H2,1H3/t11-,16+/m0/s1. The molecule has 1 saturated heterocycles. The van der Waals surface area contributed by atoms with Crippen molar-refractivity contribution in [1.82, 2.24) is 0 Å². The first-order valence-corrected chi connectivity index (χ1v) is 9.13. The lowest BCUT2D eigenvalue weighted by Crippen LogP contribution is -2.23. The Kier molecular flexibility index (Phi) is 5.95. The maximum atomic E-state index is 12.5. The van der Waals surface area contributed by atoms with Gasteiger partial charge in [-0.1, -0.05) is 23.9 Å². The number of anilines is 2. The highest BCUT2D eigenvalue weighted by molar-refractivity contribution is 7.99. The highest BCUT2D eigenvalue weighted by Crippen LogP contribution is 2.28. The number of rotatable bonds is 6. The zero-order chi connectivity index (χ0) is 19.4. The topological polar surface area (TPSA) is 64.6 Å². The lowest BCUT2D eigenvalue weighted by molar-refractivity contribution is -0.147. The summed E-state index contributed by atoms with van der Waals surface area (Å²) in [5.41, 5.74) is 1.37. The Bertz CT molecular complexity index is 829. The molecule has 1 aliphatic heterocycles. The molecule has 142 valence electrons. The van der Waals surface area contributed by atoms with E-state index in [1.807, 2.05) is 0 Å². The smallest absolute Gasteiger partial charge is 0.347 e. The summed E-state index contributed by atoms with van der Waals surface area (Å²) < 4.78 is 35.1. The first-order chi connectivity index (χ1) is 12.9. The molecule has 0 radical (unpaired) electrons. The molecule has 0 spiro atoms. The van der Waals surface area contributed by atoms with Gasteiger partial charge in [0.05, 0.1) is 11.3 Å². The lowest BCUT2D eigenvalue weighted by Gasteiger charge is -2.13. The largest absolute Gasteiger partial charge is 0.460 e. The first-order valence-electron chi connectivity index (χ1n) is 8.25. The molecule has 1 aliphatic rings. The lowest BCUT2D eigenvalue weighted by atomic mass is 10.1. The number of nitrogens with one attached hydrogen (secondary N) is 1. The molecule has 0 amide bonds.